The zero-order valence-corrected chi connectivity index (χ0v) is 19.3. The molecule has 0 saturated heterocycles. The van der Waals surface area contributed by atoms with Crippen LogP contribution in [0.3, 0.4) is 0 Å². The summed E-state index contributed by atoms with van der Waals surface area (Å²) in [6, 6.07) is 6.03. The molecule has 0 radical (unpaired) electrons. The van der Waals surface area contributed by atoms with Crippen LogP contribution >= 0.6 is 0 Å². The van der Waals surface area contributed by atoms with E-state index < -0.39 is 11.3 Å². The quantitative estimate of drug-likeness (QED) is 0.539. The van der Waals surface area contributed by atoms with Gasteiger partial charge in [-0.2, -0.15) is 0 Å². The van der Waals surface area contributed by atoms with Crippen molar-refractivity contribution in [2.75, 3.05) is 13.1 Å². The predicted molar refractivity (Wildman–Crippen MR) is 129 cm³/mol. The minimum atomic E-state index is -0.511. The van der Waals surface area contributed by atoms with Crippen molar-refractivity contribution in [3.8, 4) is 0 Å². The first kappa shape index (κ1) is 22.4. The van der Waals surface area contributed by atoms with Crippen LogP contribution in [0.5, 0.6) is 0 Å². The highest BCUT2D eigenvalue weighted by Crippen LogP contribution is 2.34. The molecule has 3 aromatic heterocycles. The van der Waals surface area contributed by atoms with Crippen molar-refractivity contribution in [1.82, 2.24) is 24.6 Å². The van der Waals surface area contributed by atoms with Gasteiger partial charge in [0.1, 0.15) is 16.8 Å². The van der Waals surface area contributed by atoms with E-state index in [1.807, 2.05) is 39.6 Å². The summed E-state index contributed by atoms with van der Waals surface area (Å²) < 4.78 is 3.79. The van der Waals surface area contributed by atoms with Gasteiger partial charge < -0.3 is 19.6 Å². The summed E-state index contributed by atoms with van der Waals surface area (Å²) in [4.78, 5) is 43.4. The summed E-state index contributed by atoms with van der Waals surface area (Å²) in [6.07, 6.45) is 15.5. The largest absolute Gasteiger partial charge is 0.352 e. The fraction of sp³-hybridized carbons (Fsp3) is 0.462. The van der Waals surface area contributed by atoms with Crippen molar-refractivity contribution >= 4 is 17.5 Å². The SMILES string of the molecule is O=C(NCCc1cn2ccccc2n1)c1cn(C2CC2)cc(C(=O)NCC2CCCCC2)c1=O. The normalized spacial score (nSPS) is 16.5. The van der Waals surface area contributed by atoms with E-state index in [-0.39, 0.29) is 23.1 Å². The highest BCUT2D eigenvalue weighted by atomic mass is 16.2. The van der Waals surface area contributed by atoms with Gasteiger partial charge in [0.15, 0.2) is 0 Å². The molecule has 2 amide bonds. The Morgan fingerprint density at radius 3 is 2.38 bits per heavy atom. The number of fused-ring (bicyclic) bond motifs is 1. The van der Waals surface area contributed by atoms with Gasteiger partial charge in [-0.25, -0.2) is 4.98 Å². The number of imidazole rings is 1. The first-order valence-electron chi connectivity index (χ1n) is 12.3. The van der Waals surface area contributed by atoms with Crippen molar-refractivity contribution < 1.29 is 9.59 Å². The van der Waals surface area contributed by atoms with Crippen molar-refractivity contribution in [3.63, 3.8) is 0 Å². The van der Waals surface area contributed by atoms with Crippen molar-refractivity contribution in [3.05, 3.63) is 70.0 Å². The van der Waals surface area contributed by atoms with Crippen LogP contribution in [0.25, 0.3) is 5.65 Å². The number of nitrogens with zero attached hydrogens (tertiary/aromatic N) is 3. The van der Waals surface area contributed by atoms with Crippen LogP contribution in [-0.4, -0.2) is 38.9 Å². The lowest BCUT2D eigenvalue weighted by molar-refractivity contribution is 0.0941. The van der Waals surface area contributed by atoms with Crippen LogP contribution in [0.1, 0.15) is 77.4 Å². The zero-order chi connectivity index (χ0) is 23.5. The number of carbonyl (C=O) groups is 2. The molecule has 2 fully saturated rings. The van der Waals surface area contributed by atoms with E-state index in [2.05, 4.69) is 15.6 Å². The number of hydrogen-bond donors (Lipinski definition) is 2. The maximum atomic E-state index is 13.1. The van der Waals surface area contributed by atoms with Crippen LogP contribution < -0.4 is 16.1 Å². The molecule has 0 unspecified atom stereocenters. The molecule has 3 aromatic rings. The van der Waals surface area contributed by atoms with E-state index in [4.69, 9.17) is 0 Å². The molecule has 2 aliphatic rings. The Bertz CT molecular complexity index is 1220. The lowest BCUT2D eigenvalue weighted by Crippen LogP contribution is -2.37. The van der Waals surface area contributed by atoms with Gasteiger partial charge in [-0.3, -0.25) is 14.4 Å². The topological polar surface area (TPSA) is 97.5 Å². The number of pyridine rings is 2. The fourth-order valence-corrected chi connectivity index (χ4v) is 4.74. The second-order valence-corrected chi connectivity index (χ2v) is 9.51. The molecule has 5 rings (SSSR count). The molecule has 0 spiro atoms. The highest BCUT2D eigenvalue weighted by Gasteiger charge is 2.27. The second-order valence-electron chi connectivity index (χ2n) is 9.51. The van der Waals surface area contributed by atoms with Crippen LogP contribution in [0, 0.1) is 5.92 Å². The van der Waals surface area contributed by atoms with Crippen LogP contribution in [-0.2, 0) is 6.42 Å². The summed E-state index contributed by atoms with van der Waals surface area (Å²) in [5, 5.41) is 5.78. The van der Waals surface area contributed by atoms with Crippen molar-refractivity contribution in [2.24, 2.45) is 5.92 Å². The van der Waals surface area contributed by atoms with E-state index in [1.165, 1.54) is 19.3 Å². The van der Waals surface area contributed by atoms with Crippen molar-refractivity contribution in [2.45, 2.75) is 57.4 Å². The third-order valence-electron chi connectivity index (χ3n) is 6.86. The lowest BCUT2D eigenvalue weighted by atomic mass is 9.89. The second kappa shape index (κ2) is 9.83. The molecule has 0 atom stereocenters. The first-order chi connectivity index (χ1) is 16.6. The molecular formula is C26H31N5O3. The van der Waals surface area contributed by atoms with Crippen LogP contribution in [0.15, 0.2) is 47.8 Å². The number of aromatic nitrogens is 3. The molecule has 3 heterocycles. The van der Waals surface area contributed by atoms with Gasteiger partial charge in [0.2, 0.25) is 5.43 Å². The predicted octanol–water partition coefficient (Wildman–Crippen LogP) is 3.11. The summed E-state index contributed by atoms with van der Waals surface area (Å²) in [5.41, 5.74) is 1.27. The van der Waals surface area contributed by atoms with Gasteiger partial charge in [-0.05, 0) is 43.7 Å². The number of amides is 2. The van der Waals surface area contributed by atoms with Gasteiger partial charge in [0, 0.05) is 50.3 Å². The van der Waals surface area contributed by atoms with E-state index in [0.717, 1.165) is 37.0 Å². The summed E-state index contributed by atoms with van der Waals surface area (Å²) in [7, 11) is 0. The van der Waals surface area contributed by atoms with Crippen LogP contribution in [0.4, 0.5) is 0 Å². The van der Waals surface area contributed by atoms with Gasteiger partial charge in [0.05, 0.1) is 5.69 Å². The van der Waals surface area contributed by atoms with Gasteiger partial charge in [0.25, 0.3) is 11.8 Å². The Hall–Kier alpha value is -3.42. The van der Waals surface area contributed by atoms with Crippen LogP contribution in [0.2, 0.25) is 0 Å². The molecule has 8 nitrogen and oxygen atoms in total. The van der Waals surface area contributed by atoms with Gasteiger partial charge in [-0.15, -0.1) is 0 Å². The third kappa shape index (κ3) is 5.05. The first-order valence-corrected chi connectivity index (χ1v) is 12.3. The van der Waals surface area contributed by atoms with Gasteiger partial charge >= 0.3 is 0 Å². The fourth-order valence-electron chi connectivity index (χ4n) is 4.74. The molecular weight excluding hydrogens is 430 g/mol. The van der Waals surface area contributed by atoms with E-state index in [1.54, 1.807) is 12.4 Å². The minimum Gasteiger partial charge on any atom is -0.352 e. The average Bonchev–Trinajstić information content (AvgIpc) is 3.62. The van der Waals surface area contributed by atoms with Crippen molar-refractivity contribution in [1.29, 1.82) is 0 Å². The smallest absolute Gasteiger partial charge is 0.256 e. The average molecular weight is 462 g/mol. The Labute approximate surface area is 198 Å². The van der Waals surface area contributed by atoms with Gasteiger partial charge in [-0.1, -0.05) is 25.3 Å². The Morgan fingerprint density at radius 1 is 0.941 bits per heavy atom. The zero-order valence-electron chi connectivity index (χ0n) is 19.3. The molecule has 34 heavy (non-hydrogen) atoms. The Morgan fingerprint density at radius 2 is 1.68 bits per heavy atom. The van der Waals surface area contributed by atoms with E-state index in [0.29, 0.717) is 25.4 Å². The number of carbonyl (C=O) groups excluding carboxylic acids is 2. The number of hydrogen-bond acceptors (Lipinski definition) is 4. The summed E-state index contributed by atoms with van der Waals surface area (Å²) >= 11 is 0. The molecule has 0 aromatic carbocycles. The maximum absolute atomic E-state index is 13.1. The maximum Gasteiger partial charge on any atom is 0.256 e. The summed E-state index contributed by atoms with van der Waals surface area (Å²) in [5.74, 6) is -0.371. The molecule has 178 valence electrons. The third-order valence-corrected chi connectivity index (χ3v) is 6.86. The molecule has 2 N–H and O–H groups in total. The number of nitrogens with one attached hydrogen (secondary N) is 2. The standard InChI is InChI=1S/C26H31N5O3/c32-24-21(25(33)27-12-11-19-15-30-13-5-4-8-23(30)29-19)16-31(20-9-10-20)17-22(24)26(34)28-14-18-6-2-1-3-7-18/h4-5,8,13,15-18,20H,1-3,6-7,9-12,14H2,(H,27,33)(H,28,34). The highest BCUT2D eigenvalue weighted by molar-refractivity contribution is 5.99. The number of rotatable bonds is 8. The van der Waals surface area contributed by atoms with E-state index in [9.17, 15) is 14.4 Å². The molecule has 8 heteroatoms. The molecule has 2 saturated carbocycles. The lowest BCUT2D eigenvalue weighted by Gasteiger charge is -2.21. The minimum absolute atomic E-state index is 0.0206. The molecule has 0 bridgehead atoms. The summed E-state index contributed by atoms with van der Waals surface area (Å²) in [6.45, 7) is 0.931. The Kier molecular flexibility index (Phi) is 6.47. The molecule has 0 aliphatic heterocycles. The molecule has 2 aliphatic carbocycles. The van der Waals surface area contributed by atoms with E-state index >= 15 is 0 Å². The monoisotopic (exact) mass is 461 g/mol. The Balaban J connectivity index is 1.27.